The number of hydrogen-bond donors (Lipinski definition) is 1. The molecule has 7 aromatic carbocycles. The van der Waals surface area contributed by atoms with E-state index in [0.29, 0.717) is 0 Å². The van der Waals surface area contributed by atoms with Crippen molar-refractivity contribution in [1.29, 1.82) is 0 Å². The van der Waals surface area contributed by atoms with Gasteiger partial charge in [0.2, 0.25) is 0 Å². The zero-order valence-electron chi connectivity index (χ0n) is 25.6. The Labute approximate surface area is 263 Å². The van der Waals surface area contributed by atoms with Gasteiger partial charge in [-0.2, -0.15) is 0 Å². The Kier molecular flexibility index (Phi) is 6.05. The third-order valence-corrected chi connectivity index (χ3v) is 9.63. The van der Waals surface area contributed by atoms with Gasteiger partial charge in [-0.3, -0.25) is 0 Å². The maximum atomic E-state index is 12.1. The Balaban J connectivity index is 1.58. The Morgan fingerprint density at radius 3 is 1.73 bits per heavy atom. The van der Waals surface area contributed by atoms with E-state index in [0.717, 1.165) is 11.1 Å². The summed E-state index contributed by atoms with van der Waals surface area (Å²) in [4.78, 5) is 12.1. The van der Waals surface area contributed by atoms with Gasteiger partial charge in [0.1, 0.15) is 0 Å². The molecule has 0 saturated carbocycles. The van der Waals surface area contributed by atoms with Gasteiger partial charge in [-0.1, -0.05) is 141 Å². The van der Waals surface area contributed by atoms with Crippen molar-refractivity contribution in [3.63, 3.8) is 0 Å². The average molecular weight is 581 g/mol. The lowest BCUT2D eigenvalue weighted by Crippen LogP contribution is -2.17. The average Bonchev–Trinajstić information content (AvgIpc) is 3.29. The summed E-state index contributed by atoms with van der Waals surface area (Å²) in [5.41, 5.74) is 13.1. The maximum Gasteiger partial charge on any atom is 0.335 e. The molecule has 0 amide bonds. The fraction of sp³-hybridized carbons (Fsp3) is 0.0930. The first-order valence-corrected chi connectivity index (χ1v) is 15.5. The minimum atomic E-state index is -0.925. The normalized spacial score (nSPS) is 13.1. The zero-order valence-corrected chi connectivity index (χ0v) is 25.6. The molecular formula is C43H32O2. The van der Waals surface area contributed by atoms with E-state index in [1.165, 1.54) is 71.6 Å². The molecule has 0 radical (unpaired) electrons. The van der Waals surface area contributed by atoms with E-state index in [-0.39, 0.29) is 11.0 Å². The molecule has 1 aliphatic rings. The van der Waals surface area contributed by atoms with E-state index < -0.39 is 5.97 Å². The number of carboxylic acids is 1. The Morgan fingerprint density at radius 1 is 0.533 bits per heavy atom. The quantitative estimate of drug-likeness (QED) is 0.210. The number of carboxylic acid groups (broad SMARTS) is 1. The SMILES string of the molecule is Cc1ccc2c(c1)C(C)(C)c1c-2ccc(-c2cccc(C(=O)O)c2)c1-c1c2ccccc2c(-c2ccccc2)c2ccccc12. The van der Waals surface area contributed by atoms with Crippen molar-refractivity contribution in [2.45, 2.75) is 26.2 Å². The highest BCUT2D eigenvalue weighted by Gasteiger charge is 2.39. The van der Waals surface area contributed by atoms with Crippen LogP contribution in [-0.2, 0) is 5.41 Å². The minimum Gasteiger partial charge on any atom is -0.478 e. The Bertz CT molecular complexity index is 2270. The van der Waals surface area contributed by atoms with E-state index in [1.54, 1.807) is 6.07 Å². The van der Waals surface area contributed by atoms with Crippen LogP contribution in [0.25, 0.3) is 66.1 Å². The van der Waals surface area contributed by atoms with Crippen LogP contribution in [-0.4, -0.2) is 11.1 Å². The second kappa shape index (κ2) is 10.0. The van der Waals surface area contributed by atoms with Gasteiger partial charge in [-0.05, 0) is 96.2 Å². The highest BCUT2D eigenvalue weighted by atomic mass is 16.4. The van der Waals surface area contributed by atoms with Crippen LogP contribution >= 0.6 is 0 Å². The third-order valence-electron chi connectivity index (χ3n) is 9.63. The molecule has 1 aliphatic carbocycles. The number of aryl methyl sites for hydroxylation is 1. The van der Waals surface area contributed by atoms with Crippen molar-refractivity contribution >= 4 is 27.5 Å². The number of benzene rings is 7. The molecule has 2 nitrogen and oxygen atoms in total. The van der Waals surface area contributed by atoms with Crippen molar-refractivity contribution < 1.29 is 9.90 Å². The number of fused-ring (bicyclic) bond motifs is 5. The largest absolute Gasteiger partial charge is 0.478 e. The van der Waals surface area contributed by atoms with Gasteiger partial charge >= 0.3 is 5.97 Å². The van der Waals surface area contributed by atoms with Crippen LogP contribution in [0.2, 0.25) is 0 Å². The van der Waals surface area contributed by atoms with E-state index in [1.807, 2.05) is 18.2 Å². The summed E-state index contributed by atoms with van der Waals surface area (Å²) in [6.07, 6.45) is 0. The molecule has 0 bridgehead atoms. The molecule has 7 aromatic rings. The molecular weight excluding hydrogens is 548 g/mol. The van der Waals surface area contributed by atoms with Gasteiger partial charge in [0.05, 0.1) is 5.56 Å². The third kappa shape index (κ3) is 4.06. The topological polar surface area (TPSA) is 37.3 Å². The van der Waals surface area contributed by atoms with Crippen molar-refractivity contribution in [3.8, 4) is 44.5 Å². The summed E-state index contributed by atoms with van der Waals surface area (Å²) >= 11 is 0. The summed E-state index contributed by atoms with van der Waals surface area (Å²) < 4.78 is 0. The van der Waals surface area contributed by atoms with E-state index >= 15 is 0 Å². The monoisotopic (exact) mass is 580 g/mol. The molecule has 45 heavy (non-hydrogen) atoms. The molecule has 2 heteroatoms. The minimum absolute atomic E-state index is 0.284. The van der Waals surface area contributed by atoms with Crippen molar-refractivity contribution in [2.75, 3.05) is 0 Å². The van der Waals surface area contributed by atoms with Crippen molar-refractivity contribution in [3.05, 3.63) is 156 Å². The standard InChI is InChI=1S/C43H32O2/c1-26-20-21-31-36-23-22-30(28-14-11-15-29(25-28)42(44)45)40(41(36)43(2,3)37(31)24-26)39-34-18-9-7-16-32(34)38(27-12-5-4-6-13-27)33-17-8-10-19-35(33)39/h4-25H,1-3H3,(H,44,45). The van der Waals surface area contributed by atoms with Crippen molar-refractivity contribution in [2.24, 2.45) is 0 Å². The lowest BCUT2D eigenvalue weighted by Gasteiger charge is -2.28. The zero-order chi connectivity index (χ0) is 30.9. The van der Waals surface area contributed by atoms with Crippen LogP contribution < -0.4 is 0 Å². The molecule has 0 spiro atoms. The second-order valence-corrected chi connectivity index (χ2v) is 12.7. The van der Waals surface area contributed by atoms with Gasteiger partial charge in [0, 0.05) is 5.41 Å². The van der Waals surface area contributed by atoms with Gasteiger partial charge in [-0.25, -0.2) is 4.79 Å². The highest BCUT2D eigenvalue weighted by molar-refractivity contribution is 6.23. The first-order valence-electron chi connectivity index (χ1n) is 15.5. The van der Waals surface area contributed by atoms with Crippen LogP contribution in [0.5, 0.6) is 0 Å². The summed E-state index contributed by atoms with van der Waals surface area (Å²) in [7, 11) is 0. The summed E-state index contributed by atoms with van der Waals surface area (Å²) in [5.74, 6) is -0.925. The number of rotatable bonds is 4. The highest BCUT2D eigenvalue weighted by Crippen LogP contribution is 2.57. The predicted molar refractivity (Wildman–Crippen MR) is 187 cm³/mol. The molecule has 0 atom stereocenters. The van der Waals surface area contributed by atoms with Gasteiger partial charge in [0.25, 0.3) is 0 Å². The number of carbonyl (C=O) groups is 1. The molecule has 0 fully saturated rings. The van der Waals surface area contributed by atoms with Crippen LogP contribution in [0.15, 0.2) is 133 Å². The molecule has 0 saturated heterocycles. The van der Waals surface area contributed by atoms with E-state index in [2.05, 4.69) is 130 Å². The van der Waals surface area contributed by atoms with Gasteiger partial charge in [0.15, 0.2) is 0 Å². The number of hydrogen-bond acceptors (Lipinski definition) is 1. The van der Waals surface area contributed by atoms with Crippen LogP contribution in [0.1, 0.15) is 40.9 Å². The molecule has 0 aromatic heterocycles. The summed E-state index contributed by atoms with van der Waals surface area (Å²) in [6, 6.07) is 46.8. The van der Waals surface area contributed by atoms with E-state index in [4.69, 9.17) is 0 Å². The second-order valence-electron chi connectivity index (χ2n) is 12.7. The molecule has 0 unspecified atom stereocenters. The first-order chi connectivity index (χ1) is 21.8. The fourth-order valence-electron chi connectivity index (χ4n) is 7.65. The summed E-state index contributed by atoms with van der Waals surface area (Å²) in [5, 5.41) is 14.7. The molecule has 8 rings (SSSR count). The molecule has 0 aliphatic heterocycles. The Hall–Kier alpha value is -5.47. The van der Waals surface area contributed by atoms with E-state index in [9.17, 15) is 9.90 Å². The number of aromatic carboxylic acids is 1. The lowest BCUT2D eigenvalue weighted by atomic mass is 9.74. The van der Waals surface area contributed by atoms with Gasteiger partial charge in [-0.15, -0.1) is 0 Å². The first kappa shape index (κ1) is 27.1. The van der Waals surface area contributed by atoms with Crippen molar-refractivity contribution in [1.82, 2.24) is 0 Å². The molecule has 1 N–H and O–H groups in total. The Morgan fingerprint density at radius 2 is 1.09 bits per heavy atom. The fourth-order valence-corrected chi connectivity index (χ4v) is 7.65. The van der Waals surface area contributed by atoms with Gasteiger partial charge < -0.3 is 5.11 Å². The predicted octanol–water partition coefficient (Wildman–Crippen LogP) is 11.3. The van der Waals surface area contributed by atoms with Crippen LogP contribution in [0.4, 0.5) is 0 Å². The van der Waals surface area contributed by atoms with Crippen LogP contribution in [0.3, 0.4) is 0 Å². The molecule has 0 heterocycles. The van der Waals surface area contributed by atoms with Crippen LogP contribution in [0, 0.1) is 6.92 Å². The molecule has 216 valence electrons. The maximum absolute atomic E-state index is 12.1. The lowest BCUT2D eigenvalue weighted by molar-refractivity contribution is 0.0697. The smallest absolute Gasteiger partial charge is 0.335 e. The summed E-state index contributed by atoms with van der Waals surface area (Å²) in [6.45, 7) is 6.83.